The Morgan fingerprint density at radius 3 is 2.50 bits per heavy atom. The van der Waals surface area contributed by atoms with Gasteiger partial charge in [-0.2, -0.15) is 0 Å². The van der Waals surface area contributed by atoms with Gasteiger partial charge in [-0.25, -0.2) is 0 Å². The zero-order valence-electron chi connectivity index (χ0n) is 16.2. The third-order valence-corrected chi connectivity index (χ3v) is 6.22. The van der Waals surface area contributed by atoms with Crippen molar-refractivity contribution in [3.05, 3.63) is 54.6 Å². The van der Waals surface area contributed by atoms with Crippen LogP contribution in [0.4, 0.5) is 5.69 Å². The summed E-state index contributed by atoms with van der Waals surface area (Å²) < 4.78 is 16.3. The fourth-order valence-corrected chi connectivity index (χ4v) is 4.99. The molecule has 2 aromatic carbocycles. The number of benzene rings is 2. The number of amides is 1. The highest BCUT2D eigenvalue weighted by Gasteiger charge is 2.64. The lowest BCUT2D eigenvalue weighted by Gasteiger charge is -2.22. The Bertz CT molecular complexity index is 971. The van der Waals surface area contributed by atoms with Crippen LogP contribution in [0.1, 0.15) is 12.8 Å². The smallest absolute Gasteiger partial charge is 0.310 e. The van der Waals surface area contributed by atoms with Gasteiger partial charge in [-0.1, -0.05) is 18.2 Å². The lowest BCUT2D eigenvalue weighted by atomic mass is 9.80. The molecule has 30 heavy (non-hydrogen) atoms. The van der Waals surface area contributed by atoms with E-state index in [9.17, 15) is 14.4 Å². The number of para-hydroxylation sites is 1. The van der Waals surface area contributed by atoms with Crippen LogP contribution in [0, 0.1) is 23.7 Å². The zero-order valence-corrected chi connectivity index (χ0v) is 16.2. The quantitative estimate of drug-likeness (QED) is 0.740. The number of nitrogens with one attached hydrogen (secondary N) is 1. The van der Waals surface area contributed by atoms with E-state index in [2.05, 4.69) is 5.32 Å². The van der Waals surface area contributed by atoms with Gasteiger partial charge >= 0.3 is 11.9 Å². The summed E-state index contributed by atoms with van der Waals surface area (Å²) in [4.78, 5) is 36.7. The van der Waals surface area contributed by atoms with Gasteiger partial charge in [0.05, 0.1) is 11.8 Å². The minimum Gasteiger partial charge on any atom is -0.462 e. The summed E-state index contributed by atoms with van der Waals surface area (Å²) in [5, 5.41) is 2.69. The molecule has 2 saturated carbocycles. The van der Waals surface area contributed by atoms with E-state index in [1.807, 2.05) is 30.3 Å². The van der Waals surface area contributed by atoms with Crippen molar-refractivity contribution < 1.29 is 28.6 Å². The third kappa shape index (κ3) is 3.40. The van der Waals surface area contributed by atoms with Crippen LogP contribution in [0.15, 0.2) is 54.6 Å². The van der Waals surface area contributed by atoms with Crippen molar-refractivity contribution in [2.24, 2.45) is 23.7 Å². The third-order valence-electron chi connectivity index (χ3n) is 6.22. The van der Waals surface area contributed by atoms with Gasteiger partial charge in [0.15, 0.2) is 6.61 Å². The largest absolute Gasteiger partial charge is 0.462 e. The van der Waals surface area contributed by atoms with Gasteiger partial charge in [0, 0.05) is 11.6 Å². The first-order chi connectivity index (χ1) is 14.6. The van der Waals surface area contributed by atoms with E-state index < -0.39 is 23.7 Å². The number of hydrogen-bond acceptors (Lipinski definition) is 6. The van der Waals surface area contributed by atoms with Crippen LogP contribution in [0.3, 0.4) is 0 Å². The molecule has 1 aliphatic heterocycles. The molecule has 7 heteroatoms. The number of carbonyl (C=O) groups excluding carboxylic acids is 3. The van der Waals surface area contributed by atoms with Crippen molar-refractivity contribution in [2.45, 2.75) is 18.9 Å². The molecule has 0 unspecified atom stereocenters. The van der Waals surface area contributed by atoms with E-state index in [0.29, 0.717) is 11.4 Å². The molecule has 3 aliphatic rings. The first kappa shape index (κ1) is 18.7. The molecule has 0 radical (unpaired) electrons. The predicted molar refractivity (Wildman–Crippen MR) is 106 cm³/mol. The zero-order chi connectivity index (χ0) is 20.7. The average Bonchev–Trinajstić information content (AvgIpc) is 3.37. The monoisotopic (exact) mass is 407 g/mol. The van der Waals surface area contributed by atoms with Gasteiger partial charge in [-0.05, 0) is 55.2 Å². The molecule has 3 fully saturated rings. The Balaban J connectivity index is 1.12. The average molecular weight is 407 g/mol. The Morgan fingerprint density at radius 2 is 1.73 bits per heavy atom. The molecule has 2 aliphatic carbocycles. The highest BCUT2D eigenvalue weighted by atomic mass is 16.6. The van der Waals surface area contributed by atoms with E-state index in [-0.39, 0.29) is 30.5 Å². The van der Waals surface area contributed by atoms with Crippen LogP contribution >= 0.6 is 0 Å². The number of anilines is 1. The first-order valence-electron chi connectivity index (χ1n) is 10.1. The molecule has 1 amide bonds. The Hall–Kier alpha value is -3.35. The first-order valence-corrected chi connectivity index (χ1v) is 10.1. The minimum absolute atomic E-state index is 0.0336. The van der Waals surface area contributed by atoms with Crippen molar-refractivity contribution in [2.75, 3.05) is 11.9 Å². The van der Waals surface area contributed by atoms with Crippen molar-refractivity contribution in [1.82, 2.24) is 0 Å². The van der Waals surface area contributed by atoms with Crippen molar-refractivity contribution >= 4 is 23.5 Å². The van der Waals surface area contributed by atoms with Gasteiger partial charge in [0.1, 0.15) is 17.6 Å². The number of esters is 2. The molecule has 0 aromatic heterocycles. The van der Waals surface area contributed by atoms with Gasteiger partial charge < -0.3 is 19.5 Å². The second kappa shape index (κ2) is 7.48. The molecule has 0 spiro atoms. The van der Waals surface area contributed by atoms with Crippen LogP contribution in [-0.2, 0) is 23.9 Å². The molecule has 7 nitrogen and oxygen atoms in total. The number of fused-ring (bicyclic) bond motifs is 1. The van der Waals surface area contributed by atoms with E-state index in [0.717, 1.165) is 18.6 Å². The summed E-state index contributed by atoms with van der Waals surface area (Å²) in [6.07, 6.45) is 1.51. The van der Waals surface area contributed by atoms with E-state index in [1.54, 1.807) is 24.3 Å². The highest BCUT2D eigenvalue weighted by molar-refractivity contribution is 5.93. The Morgan fingerprint density at radius 1 is 1.00 bits per heavy atom. The summed E-state index contributed by atoms with van der Waals surface area (Å²) in [6.45, 7) is -0.389. The summed E-state index contributed by atoms with van der Waals surface area (Å²) in [6, 6.07) is 16.3. The minimum atomic E-state index is -0.483. The lowest BCUT2D eigenvalue weighted by molar-refractivity contribution is -0.157. The van der Waals surface area contributed by atoms with Gasteiger partial charge in [-0.3, -0.25) is 14.4 Å². The predicted octanol–water partition coefficient (Wildman–Crippen LogP) is 3.16. The van der Waals surface area contributed by atoms with Crippen molar-refractivity contribution in [1.29, 1.82) is 0 Å². The Kier molecular flexibility index (Phi) is 4.65. The maximum absolute atomic E-state index is 12.5. The van der Waals surface area contributed by atoms with E-state index >= 15 is 0 Å². The van der Waals surface area contributed by atoms with Crippen molar-refractivity contribution in [3.8, 4) is 11.5 Å². The van der Waals surface area contributed by atoms with Crippen molar-refractivity contribution in [3.63, 3.8) is 0 Å². The number of rotatable bonds is 6. The van der Waals surface area contributed by atoms with Crippen LogP contribution in [-0.4, -0.2) is 30.6 Å². The van der Waals surface area contributed by atoms with Gasteiger partial charge in [0.25, 0.3) is 5.91 Å². The molecule has 1 heterocycles. The van der Waals surface area contributed by atoms with E-state index in [4.69, 9.17) is 14.2 Å². The van der Waals surface area contributed by atoms with Crippen LogP contribution < -0.4 is 10.1 Å². The van der Waals surface area contributed by atoms with Crippen LogP contribution in [0.5, 0.6) is 11.5 Å². The molecular formula is C23H21NO6. The fraction of sp³-hybridized carbons (Fsp3) is 0.348. The number of carbonyl (C=O) groups is 3. The highest BCUT2D eigenvalue weighted by Crippen LogP contribution is 2.57. The normalized spacial score (nSPS) is 28.1. The van der Waals surface area contributed by atoms with Crippen LogP contribution in [0.25, 0.3) is 0 Å². The molecular weight excluding hydrogens is 386 g/mol. The summed E-state index contributed by atoms with van der Waals surface area (Å²) in [5.41, 5.74) is 0.568. The lowest BCUT2D eigenvalue weighted by Crippen LogP contribution is -2.34. The van der Waals surface area contributed by atoms with Crippen LogP contribution in [0.2, 0.25) is 0 Å². The Labute approximate surface area is 173 Å². The maximum atomic E-state index is 12.5. The topological polar surface area (TPSA) is 90.9 Å². The number of ether oxygens (including phenoxy) is 3. The molecule has 5 atom stereocenters. The molecule has 5 rings (SSSR count). The van der Waals surface area contributed by atoms with E-state index in [1.165, 1.54) is 0 Å². The fourth-order valence-electron chi connectivity index (χ4n) is 4.99. The molecule has 2 aromatic rings. The standard InChI is InChI=1S/C23H21NO6/c25-19(24-14-6-8-16(9-7-14)29-15-4-2-1-3-5-15)12-28-22(26)20-13-10-17-18(11-13)30-23(27)21(17)20/h1-9,13,17-18,20-21H,10-12H2,(H,24,25)/t13-,17+,18-,20+,21+/m1/s1. The summed E-state index contributed by atoms with van der Waals surface area (Å²) in [7, 11) is 0. The SMILES string of the molecule is O=C(COC(=O)[C@H]1[C@@H]2C[C@@H]3[C@@H]1C(=O)O[C@@H]3C2)Nc1ccc(Oc2ccccc2)cc1. The molecule has 1 saturated heterocycles. The summed E-state index contributed by atoms with van der Waals surface area (Å²) in [5.74, 6) is -0.488. The maximum Gasteiger partial charge on any atom is 0.310 e. The second-order valence-electron chi connectivity index (χ2n) is 8.02. The van der Waals surface area contributed by atoms with Gasteiger partial charge in [0.2, 0.25) is 0 Å². The molecule has 2 bridgehead atoms. The van der Waals surface area contributed by atoms with Gasteiger partial charge in [-0.15, -0.1) is 0 Å². The molecule has 1 N–H and O–H groups in total. The number of hydrogen-bond donors (Lipinski definition) is 1. The summed E-state index contributed by atoms with van der Waals surface area (Å²) >= 11 is 0. The second-order valence-corrected chi connectivity index (χ2v) is 8.02. The molecule has 154 valence electrons.